The summed E-state index contributed by atoms with van der Waals surface area (Å²) in [5.41, 5.74) is 15.3. The van der Waals surface area contributed by atoms with Crippen molar-refractivity contribution in [3.8, 4) is 11.1 Å². The second-order valence-electron chi connectivity index (χ2n) is 5.45. The lowest BCUT2D eigenvalue weighted by Gasteiger charge is -2.09. The van der Waals surface area contributed by atoms with Gasteiger partial charge in [0, 0.05) is 29.8 Å². The molecule has 3 heterocycles. The van der Waals surface area contributed by atoms with Crippen LogP contribution in [0.5, 0.6) is 0 Å². The number of anilines is 1. The van der Waals surface area contributed by atoms with E-state index >= 15 is 0 Å². The Balaban J connectivity index is 1.98. The van der Waals surface area contributed by atoms with Gasteiger partial charge in [0.25, 0.3) is 5.91 Å². The predicted octanol–water partition coefficient (Wildman–Crippen LogP) is 1.26. The van der Waals surface area contributed by atoms with Crippen molar-refractivity contribution >= 4 is 33.7 Å². The highest BCUT2D eigenvalue weighted by Crippen LogP contribution is 2.31. The van der Waals surface area contributed by atoms with Gasteiger partial charge in [0.05, 0.1) is 12.0 Å². The van der Waals surface area contributed by atoms with Crippen molar-refractivity contribution in [2.75, 3.05) is 5.73 Å². The van der Waals surface area contributed by atoms with Gasteiger partial charge in [-0.25, -0.2) is 9.97 Å². The zero-order valence-electron chi connectivity index (χ0n) is 12.8. The summed E-state index contributed by atoms with van der Waals surface area (Å²) in [5.74, 6) is -0.705. The lowest BCUT2D eigenvalue weighted by molar-refractivity contribution is 0.0996. The molecular weight excluding hydrogens is 306 g/mol. The molecule has 0 aliphatic rings. The van der Waals surface area contributed by atoms with E-state index in [1.165, 1.54) is 0 Å². The van der Waals surface area contributed by atoms with Gasteiger partial charge in [0.1, 0.15) is 11.0 Å². The number of imidazole rings is 1. The third kappa shape index (κ3) is 1.97. The number of fused-ring (bicyclic) bond motifs is 2. The van der Waals surface area contributed by atoms with Crippen molar-refractivity contribution in [1.82, 2.24) is 24.7 Å². The predicted molar refractivity (Wildman–Crippen MR) is 90.0 cm³/mol. The molecule has 0 fully saturated rings. The van der Waals surface area contributed by atoms with Crippen molar-refractivity contribution in [2.45, 2.75) is 0 Å². The fourth-order valence-electron chi connectivity index (χ4n) is 2.73. The normalized spacial score (nSPS) is 11.2. The molecular formula is C16H13N7O. The Labute approximate surface area is 136 Å². The molecule has 3 aromatic heterocycles. The Kier molecular flexibility index (Phi) is 2.92. The number of hydrogen-bond acceptors (Lipinski definition) is 6. The molecule has 1 aromatic carbocycles. The number of carbonyl (C=O) groups excluding carboxylic acids is 1. The van der Waals surface area contributed by atoms with Crippen LogP contribution in [0.2, 0.25) is 0 Å². The van der Waals surface area contributed by atoms with E-state index in [2.05, 4.69) is 20.2 Å². The van der Waals surface area contributed by atoms with Crippen molar-refractivity contribution in [3.05, 3.63) is 42.5 Å². The maximum absolute atomic E-state index is 11.4. The number of nitrogens with zero attached hydrogens (tertiary/aromatic N) is 5. The summed E-state index contributed by atoms with van der Waals surface area (Å²) >= 11 is 0. The summed E-state index contributed by atoms with van der Waals surface area (Å²) in [6, 6.07) is 7.44. The Morgan fingerprint density at radius 3 is 2.83 bits per heavy atom. The topological polar surface area (TPSA) is 126 Å². The minimum absolute atomic E-state index is 0.0297. The molecule has 0 aliphatic heterocycles. The SMILES string of the molecule is Cn1cnc2cc(-c3cccc4c(N)c(C(N)=O)nnc34)cnc21. The fourth-order valence-corrected chi connectivity index (χ4v) is 2.73. The van der Waals surface area contributed by atoms with E-state index in [1.54, 1.807) is 18.6 Å². The monoisotopic (exact) mass is 319 g/mol. The first-order valence-electron chi connectivity index (χ1n) is 7.18. The first-order chi connectivity index (χ1) is 11.6. The number of rotatable bonds is 2. The molecule has 1 amide bonds. The average Bonchev–Trinajstić information content (AvgIpc) is 2.95. The number of aryl methyl sites for hydroxylation is 1. The first kappa shape index (κ1) is 14.1. The number of pyridine rings is 1. The number of carbonyl (C=O) groups is 1. The number of amides is 1. The van der Waals surface area contributed by atoms with Gasteiger partial charge in [-0.15, -0.1) is 10.2 Å². The molecule has 0 bridgehead atoms. The summed E-state index contributed by atoms with van der Waals surface area (Å²) in [6.45, 7) is 0. The standard InChI is InChI=1S/C16H13N7O/c1-23-7-20-11-5-8(6-19-16(11)23)9-3-2-4-10-12(17)14(15(18)24)22-21-13(9)10/h2-7H,1H3,(H2,17,21)(H2,18,24). The van der Waals surface area contributed by atoms with Gasteiger partial charge in [0.15, 0.2) is 11.3 Å². The average molecular weight is 319 g/mol. The van der Waals surface area contributed by atoms with Gasteiger partial charge in [-0.2, -0.15) is 0 Å². The summed E-state index contributed by atoms with van der Waals surface area (Å²) in [7, 11) is 1.89. The minimum atomic E-state index is -0.705. The molecule has 0 spiro atoms. The smallest absolute Gasteiger partial charge is 0.271 e. The van der Waals surface area contributed by atoms with Crippen LogP contribution >= 0.6 is 0 Å². The summed E-state index contributed by atoms with van der Waals surface area (Å²) in [5, 5.41) is 8.63. The molecule has 0 radical (unpaired) electrons. The molecule has 8 nitrogen and oxygen atoms in total. The molecule has 0 saturated carbocycles. The Morgan fingerprint density at radius 1 is 1.21 bits per heavy atom. The molecule has 0 unspecified atom stereocenters. The van der Waals surface area contributed by atoms with Crippen LogP contribution in [0.3, 0.4) is 0 Å². The van der Waals surface area contributed by atoms with Crippen LogP contribution in [0.25, 0.3) is 33.2 Å². The van der Waals surface area contributed by atoms with Crippen LogP contribution in [0.15, 0.2) is 36.8 Å². The van der Waals surface area contributed by atoms with Gasteiger partial charge < -0.3 is 16.0 Å². The highest BCUT2D eigenvalue weighted by atomic mass is 16.1. The quantitative estimate of drug-likeness (QED) is 0.573. The van der Waals surface area contributed by atoms with E-state index in [0.717, 1.165) is 22.3 Å². The van der Waals surface area contributed by atoms with E-state index < -0.39 is 5.91 Å². The number of nitrogens with two attached hydrogens (primary N) is 2. The first-order valence-corrected chi connectivity index (χ1v) is 7.18. The number of nitrogen functional groups attached to an aromatic ring is 1. The van der Waals surface area contributed by atoms with E-state index in [9.17, 15) is 4.79 Å². The van der Waals surface area contributed by atoms with Gasteiger partial charge in [0.2, 0.25) is 0 Å². The zero-order chi connectivity index (χ0) is 16.8. The van der Waals surface area contributed by atoms with Gasteiger partial charge >= 0.3 is 0 Å². The highest BCUT2D eigenvalue weighted by molar-refractivity contribution is 6.07. The maximum Gasteiger partial charge on any atom is 0.271 e. The van der Waals surface area contributed by atoms with Crippen LogP contribution in [0.1, 0.15) is 10.5 Å². The van der Waals surface area contributed by atoms with E-state index in [4.69, 9.17) is 11.5 Å². The largest absolute Gasteiger partial charge is 0.396 e. The second-order valence-corrected chi connectivity index (χ2v) is 5.45. The number of primary amides is 1. The summed E-state index contributed by atoms with van der Waals surface area (Å²) < 4.78 is 1.85. The number of aromatic nitrogens is 5. The third-order valence-corrected chi connectivity index (χ3v) is 3.93. The van der Waals surface area contributed by atoms with Crippen molar-refractivity contribution in [2.24, 2.45) is 12.8 Å². The van der Waals surface area contributed by atoms with E-state index in [-0.39, 0.29) is 11.4 Å². The Bertz CT molecular complexity index is 1120. The molecule has 0 saturated heterocycles. The van der Waals surface area contributed by atoms with Crippen LogP contribution in [-0.4, -0.2) is 30.6 Å². The van der Waals surface area contributed by atoms with Crippen molar-refractivity contribution < 1.29 is 4.79 Å². The fraction of sp³-hybridized carbons (Fsp3) is 0.0625. The summed E-state index contributed by atoms with van der Waals surface area (Å²) in [4.78, 5) is 20.1. The third-order valence-electron chi connectivity index (χ3n) is 3.93. The zero-order valence-corrected chi connectivity index (χ0v) is 12.8. The van der Waals surface area contributed by atoms with Crippen molar-refractivity contribution in [3.63, 3.8) is 0 Å². The Hall–Kier alpha value is -3.55. The van der Waals surface area contributed by atoms with Crippen LogP contribution in [-0.2, 0) is 7.05 Å². The van der Waals surface area contributed by atoms with E-state index in [0.29, 0.717) is 10.9 Å². The molecule has 8 heteroatoms. The summed E-state index contributed by atoms with van der Waals surface area (Å²) in [6.07, 6.45) is 3.46. The molecule has 4 N–H and O–H groups in total. The minimum Gasteiger partial charge on any atom is -0.396 e. The molecule has 4 aromatic rings. The molecule has 24 heavy (non-hydrogen) atoms. The molecule has 118 valence electrons. The second kappa shape index (κ2) is 4.98. The molecule has 0 aliphatic carbocycles. The molecule has 0 atom stereocenters. The lowest BCUT2D eigenvalue weighted by atomic mass is 10.0. The number of hydrogen-bond donors (Lipinski definition) is 2. The van der Waals surface area contributed by atoms with Gasteiger partial charge in [-0.3, -0.25) is 4.79 Å². The van der Waals surface area contributed by atoms with Crippen LogP contribution in [0, 0.1) is 0 Å². The number of benzene rings is 1. The van der Waals surface area contributed by atoms with Crippen LogP contribution < -0.4 is 11.5 Å². The van der Waals surface area contributed by atoms with Gasteiger partial charge in [-0.05, 0) is 6.07 Å². The van der Waals surface area contributed by atoms with Gasteiger partial charge in [-0.1, -0.05) is 18.2 Å². The highest BCUT2D eigenvalue weighted by Gasteiger charge is 2.15. The van der Waals surface area contributed by atoms with E-state index in [1.807, 2.05) is 29.8 Å². The van der Waals surface area contributed by atoms with Crippen molar-refractivity contribution in [1.29, 1.82) is 0 Å². The molecule has 4 rings (SSSR count). The maximum atomic E-state index is 11.4. The lowest BCUT2D eigenvalue weighted by Crippen LogP contribution is -2.16. The Morgan fingerprint density at radius 2 is 2.04 bits per heavy atom. The van der Waals surface area contributed by atoms with Crippen LogP contribution in [0.4, 0.5) is 5.69 Å².